The number of nitrogens with one attached hydrogen (secondary N) is 1. The third-order valence-corrected chi connectivity index (χ3v) is 7.75. The molecule has 2 aromatic carbocycles. The van der Waals surface area contributed by atoms with Crippen LogP contribution in [0.25, 0.3) is 6.08 Å². The van der Waals surface area contributed by atoms with Gasteiger partial charge in [0.15, 0.2) is 23.6 Å². The van der Waals surface area contributed by atoms with Crippen molar-refractivity contribution in [3.63, 3.8) is 0 Å². The second-order valence-electron chi connectivity index (χ2n) is 9.26. The molecule has 2 fully saturated rings. The van der Waals surface area contributed by atoms with Crippen LogP contribution in [-0.2, 0) is 14.3 Å². The van der Waals surface area contributed by atoms with Crippen LogP contribution in [0.2, 0.25) is 0 Å². The summed E-state index contributed by atoms with van der Waals surface area (Å²) in [4.78, 5) is 28.2. The summed E-state index contributed by atoms with van der Waals surface area (Å²) >= 11 is 1.55. The van der Waals surface area contributed by atoms with Crippen LogP contribution >= 0.6 is 11.8 Å². The third kappa shape index (κ3) is 6.80. The lowest BCUT2D eigenvalue weighted by Crippen LogP contribution is -2.48. The van der Waals surface area contributed by atoms with E-state index >= 15 is 0 Å². The normalized spacial score (nSPS) is 22.7. The number of carbonyl (C=O) groups is 2. The largest absolute Gasteiger partial charge is 0.490 e. The summed E-state index contributed by atoms with van der Waals surface area (Å²) in [6.07, 6.45) is 6.44. The molecule has 0 spiro atoms. The fourth-order valence-electron chi connectivity index (χ4n) is 4.86. The Hall–Kier alpha value is -3.13. The van der Waals surface area contributed by atoms with Gasteiger partial charge in [0.05, 0.1) is 18.1 Å². The van der Waals surface area contributed by atoms with E-state index in [-0.39, 0.29) is 24.1 Å². The van der Waals surface area contributed by atoms with E-state index in [0.29, 0.717) is 35.5 Å². The quantitative estimate of drug-likeness (QED) is 0.305. The van der Waals surface area contributed by atoms with Gasteiger partial charge in [0.2, 0.25) is 0 Å². The number of nitrogens with zero attached hydrogens (tertiary/aromatic N) is 1. The number of esters is 1. The van der Waals surface area contributed by atoms with Crippen LogP contribution in [0, 0.1) is 5.92 Å². The summed E-state index contributed by atoms with van der Waals surface area (Å²) in [5.74, 6) is 1.06. The van der Waals surface area contributed by atoms with Gasteiger partial charge in [-0.2, -0.15) is 0 Å². The van der Waals surface area contributed by atoms with Crippen molar-refractivity contribution in [2.75, 3.05) is 25.1 Å². The van der Waals surface area contributed by atoms with Gasteiger partial charge in [-0.25, -0.2) is 4.79 Å². The monoisotopic (exact) mass is 524 g/mol. The van der Waals surface area contributed by atoms with Crippen molar-refractivity contribution in [1.82, 2.24) is 4.90 Å². The molecule has 1 aliphatic carbocycles. The molecule has 7 nitrogen and oxygen atoms in total. The fourth-order valence-corrected chi connectivity index (χ4v) is 6.07. The first-order chi connectivity index (χ1) is 18.0. The standard InChI is InChI=1S/C29H36N2O5S/c1-4-34-25-17-21(15-16-24(25)36-19-27(32)35-5-2)18-26-28(33)31(23-14-10-9-11-20(23)3)29(37-26)30-22-12-7-6-8-13-22/h6-8,12-13,15-18,20,23,29-30H,4-5,9-11,14,19H2,1-3H3/b26-18-/t20-,23-,29?/m1/s1. The summed E-state index contributed by atoms with van der Waals surface area (Å²) in [5.41, 5.74) is 1.65. The van der Waals surface area contributed by atoms with E-state index in [1.807, 2.05) is 60.4 Å². The van der Waals surface area contributed by atoms with Gasteiger partial charge in [0, 0.05) is 11.7 Å². The van der Waals surface area contributed by atoms with Gasteiger partial charge in [-0.3, -0.25) is 4.79 Å². The van der Waals surface area contributed by atoms with Crippen molar-refractivity contribution in [2.24, 2.45) is 5.92 Å². The van der Waals surface area contributed by atoms with Gasteiger partial charge >= 0.3 is 5.97 Å². The van der Waals surface area contributed by atoms with Crippen molar-refractivity contribution in [3.05, 3.63) is 59.0 Å². The molecule has 1 saturated carbocycles. The molecule has 37 heavy (non-hydrogen) atoms. The molecule has 1 saturated heterocycles. The molecule has 1 unspecified atom stereocenters. The average molecular weight is 525 g/mol. The molecule has 0 aromatic heterocycles. The molecule has 1 amide bonds. The molecule has 0 bridgehead atoms. The minimum absolute atomic E-state index is 0.0535. The Morgan fingerprint density at radius 2 is 1.84 bits per heavy atom. The molecule has 0 radical (unpaired) electrons. The third-order valence-electron chi connectivity index (χ3n) is 6.64. The van der Waals surface area contributed by atoms with Crippen LogP contribution in [0.15, 0.2) is 53.4 Å². The molecular weight excluding hydrogens is 488 g/mol. The highest BCUT2D eigenvalue weighted by Crippen LogP contribution is 2.42. The summed E-state index contributed by atoms with van der Waals surface area (Å²) in [5, 5.41) is 3.57. The lowest BCUT2D eigenvalue weighted by Gasteiger charge is -2.39. The molecule has 4 rings (SSSR count). The van der Waals surface area contributed by atoms with Crippen molar-refractivity contribution in [1.29, 1.82) is 0 Å². The number of hydrogen-bond donors (Lipinski definition) is 1. The highest BCUT2D eigenvalue weighted by atomic mass is 32.2. The Kier molecular flexibility index (Phi) is 9.39. The molecule has 8 heteroatoms. The Bertz CT molecular complexity index is 1110. The number of ether oxygens (including phenoxy) is 3. The van der Waals surface area contributed by atoms with E-state index in [1.165, 1.54) is 6.42 Å². The number of amides is 1. The summed E-state index contributed by atoms with van der Waals surface area (Å²) < 4.78 is 16.3. The van der Waals surface area contributed by atoms with E-state index in [9.17, 15) is 9.59 Å². The van der Waals surface area contributed by atoms with Gasteiger partial charge in [-0.15, -0.1) is 0 Å². The minimum Gasteiger partial charge on any atom is -0.490 e. The van der Waals surface area contributed by atoms with Crippen LogP contribution < -0.4 is 14.8 Å². The van der Waals surface area contributed by atoms with Gasteiger partial charge in [0.25, 0.3) is 5.91 Å². The first-order valence-electron chi connectivity index (χ1n) is 13.1. The second kappa shape index (κ2) is 12.9. The smallest absolute Gasteiger partial charge is 0.344 e. The molecule has 3 atom stereocenters. The van der Waals surface area contributed by atoms with Crippen LogP contribution in [0.4, 0.5) is 5.69 Å². The first kappa shape index (κ1) is 26.9. The second-order valence-corrected chi connectivity index (χ2v) is 10.4. The number of para-hydroxylation sites is 1. The van der Waals surface area contributed by atoms with Crippen LogP contribution in [0.5, 0.6) is 11.5 Å². The van der Waals surface area contributed by atoms with E-state index < -0.39 is 5.97 Å². The molecule has 198 valence electrons. The maximum Gasteiger partial charge on any atom is 0.344 e. The number of thioether (sulfide) groups is 1. The Balaban J connectivity index is 1.58. The maximum atomic E-state index is 13.8. The van der Waals surface area contributed by atoms with Crippen LogP contribution in [0.3, 0.4) is 0 Å². The Morgan fingerprint density at radius 1 is 1.05 bits per heavy atom. The van der Waals surface area contributed by atoms with E-state index in [0.717, 1.165) is 30.5 Å². The summed E-state index contributed by atoms with van der Waals surface area (Å²) in [6.45, 7) is 6.45. The zero-order valence-corrected chi connectivity index (χ0v) is 22.6. The van der Waals surface area contributed by atoms with E-state index in [2.05, 4.69) is 12.2 Å². The SMILES string of the molecule is CCOC(=O)COc1ccc(/C=C2\SC(Nc3ccccc3)N([C@@H]3CCCC[C@H]3C)C2=O)cc1OCC. The first-order valence-corrected chi connectivity index (χ1v) is 14.0. The fraction of sp³-hybridized carbons (Fsp3) is 0.448. The van der Waals surface area contributed by atoms with Crippen molar-refractivity contribution >= 4 is 35.4 Å². The molecule has 1 N–H and O–H groups in total. The topological polar surface area (TPSA) is 77.1 Å². The number of benzene rings is 2. The van der Waals surface area contributed by atoms with Crippen molar-refractivity contribution in [3.8, 4) is 11.5 Å². The Labute approximate surface area is 223 Å². The maximum absolute atomic E-state index is 13.8. The molecule has 1 aliphatic heterocycles. The number of carbonyl (C=O) groups excluding carboxylic acids is 2. The predicted molar refractivity (Wildman–Crippen MR) is 147 cm³/mol. The van der Waals surface area contributed by atoms with Gasteiger partial charge in [-0.05, 0) is 68.5 Å². The van der Waals surface area contributed by atoms with Crippen LogP contribution in [0.1, 0.15) is 52.0 Å². The summed E-state index contributed by atoms with van der Waals surface area (Å²) in [7, 11) is 0. The van der Waals surface area contributed by atoms with Crippen LogP contribution in [-0.4, -0.2) is 48.1 Å². The lowest BCUT2D eigenvalue weighted by molar-refractivity contribution is -0.145. The zero-order valence-electron chi connectivity index (χ0n) is 21.8. The van der Waals surface area contributed by atoms with E-state index in [1.54, 1.807) is 24.8 Å². The van der Waals surface area contributed by atoms with Gasteiger partial charge in [0.1, 0.15) is 0 Å². The minimum atomic E-state index is -0.432. The van der Waals surface area contributed by atoms with Gasteiger partial charge in [-0.1, -0.05) is 55.8 Å². The highest BCUT2D eigenvalue weighted by Gasteiger charge is 2.42. The zero-order chi connectivity index (χ0) is 26.2. The molecule has 2 aliphatic rings. The molecule has 1 heterocycles. The summed E-state index contributed by atoms with van der Waals surface area (Å²) in [6, 6.07) is 15.7. The van der Waals surface area contributed by atoms with E-state index in [4.69, 9.17) is 14.2 Å². The lowest BCUT2D eigenvalue weighted by atomic mass is 9.85. The predicted octanol–water partition coefficient (Wildman–Crippen LogP) is 5.92. The number of anilines is 1. The Morgan fingerprint density at radius 3 is 2.57 bits per heavy atom. The molecule has 2 aromatic rings. The van der Waals surface area contributed by atoms with Crippen molar-refractivity contribution < 1.29 is 23.8 Å². The van der Waals surface area contributed by atoms with Gasteiger partial charge < -0.3 is 24.4 Å². The highest BCUT2D eigenvalue weighted by molar-refractivity contribution is 8.05. The molecular formula is C29H36N2O5S. The number of hydrogen-bond acceptors (Lipinski definition) is 7. The average Bonchev–Trinajstić information content (AvgIpc) is 3.19. The van der Waals surface area contributed by atoms with Crippen molar-refractivity contribution in [2.45, 2.75) is 58.0 Å². The number of rotatable bonds is 10.